The Morgan fingerprint density at radius 3 is 2.00 bits per heavy atom. The van der Waals surface area contributed by atoms with Crippen LogP contribution in [0.15, 0.2) is 10.7 Å². The Balaban J connectivity index is 3.41. The molecule has 0 aliphatic heterocycles. The van der Waals surface area contributed by atoms with Gasteiger partial charge in [-0.1, -0.05) is 0 Å². The van der Waals surface area contributed by atoms with Crippen molar-refractivity contribution in [3.05, 3.63) is 11.8 Å². The van der Waals surface area contributed by atoms with E-state index in [-0.39, 0.29) is 10.0 Å². The third kappa shape index (κ3) is 2.16. The number of primary amides is 2. The van der Waals surface area contributed by atoms with Crippen LogP contribution in [0.25, 0.3) is 0 Å². The highest BCUT2D eigenvalue weighted by Gasteiger charge is 2.29. The highest BCUT2D eigenvalue weighted by Crippen LogP contribution is 2.32. The number of anilines is 2. The monoisotopic (exact) mass is 258 g/mol. The molecule has 0 aromatic carbocycles. The fraction of sp³-hybridized carbons (Fsp3) is 0. The smallest absolute Gasteiger partial charge is 0.341 e. The van der Waals surface area contributed by atoms with Crippen molar-refractivity contribution in [2.75, 3.05) is 10.0 Å². The maximum Gasteiger partial charge on any atom is 0.341 e. The van der Waals surface area contributed by atoms with Crippen molar-refractivity contribution in [3.63, 3.8) is 0 Å². The Kier molecular flexibility index (Phi) is 3.39. The molecule has 0 saturated carbocycles. The van der Waals surface area contributed by atoms with Crippen LogP contribution in [-0.4, -0.2) is 23.1 Å². The van der Waals surface area contributed by atoms with Gasteiger partial charge >= 0.3 is 18.0 Å². The Hall–Kier alpha value is -2.79. The molecule has 0 aliphatic rings. The summed E-state index contributed by atoms with van der Waals surface area (Å²) in [6, 6.07) is -2.33. The minimum Gasteiger partial charge on any atom is -0.477 e. The summed E-state index contributed by atoms with van der Waals surface area (Å²) >= 11 is 0. The fourth-order valence-electron chi connectivity index (χ4n) is 1.11. The molecule has 18 heavy (non-hydrogen) atoms. The largest absolute Gasteiger partial charge is 0.477 e. The summed E-state index contributed by atoms with van der Waals surface area (Å²) < 4.78 is 4.74. The van der Waals surface area contributed by atoms with E-state index < -0.39 is 35.2 Å². The third-order valence-corrected chi connectivity index (χ3v) is 1.91. The van der Waals surface area contributed by atoms with E-state index in [1.54, 1.807) is 0 Å². The lowest BCUT2D eigenvalue weighted by molar-refractivity contribution is 0.0697. The summed E-state index contributed by atoms with van der Waals surface area (Å²) in [5, 5.41) is 9.41. The first kappa shape index (κ1) is 13.3. The average Bonchev–Trinajstić information content (AvgIpc) is 2.70. The molecular weight excluding hydrogens is 248 g/mol. The standard InChI is InChI=1S/C7H10N6O5/c8-6(16)12(10)3-2(5(14)15)1-18-4(3)13(11)7(9)17/h1H,10-11H2,(H2,8,16)(H2,9,17)(H,14,15). The van der Waals surface area contributed by atoms with Gasteiger partial charge in [-0.05, 0) is 0 Å². The van der Waals surface area contributed by atoms with E-state index in [9.17, 15) is 14.4 Å². The van der Waals surface area contributed by atoms with E-state index in [1.807, 2.05) is 0 Å². The van der Waals surface area contributed by atoms with Gasteiger partial charge in [-0.2, -0.15) is 5.01 Å². The molecule has 0 radical (unpaired) electrons. The van der Waals surface area contributed by atoms with Gasteiger partial charge in [0.05, 0.1) is 0 Å². The average molecular weight is 258 g/mol. The Labute approximate surface area is 99.4 Å². The van der Waals surface area contributed by atoms with Crippen LogP contribution in [0.5, 0.6) is 0 Å². The number of nitrogens with two attached hydrogens (primary N) is 4. The maximum atomic E-state index is 10.9. The third-order valence-electron chi connectivity index (χ3n) is 1.91. The Bertz CT molecular complexity index is 510. The predicted molar refractivity (Wildman–Crippen MR) is 58.2 cm³/mol. The lowest BCUT2D eigenvalue weighted by Gasteiger charge is -2.17. The minimum atomic E-state index is -1.46. The van der Waals surface area contributed by atoms with Crippen molar-refractivity contribution in [1.29, 1.82) is 0 Å². The van der Waals surface area contributed by atoms with E-state index in [2.05, 4.69) is 0 Å². The molecule has 4 amide bonds. The quantitative estimate of drug-likeness (QED) is 0.247. The molecule has 98 valence electrons. The number of carbonyl (C=O) groups excluding carboxylic acids is 2. The first-order valence-corrected chi connectivity index (χ1v) is 4.30. The molecule has 0 fully saturated rings. The van der Waals surface area contributed by atoms with Crippen molar-refractivity contribution < 1.29 is 23.9 Å². The lowest BCUT2D eigenvalue weighted by atomic mass is 10.2. The zero-order valence-electron chi connectivity index (χ0n) is 8.86. The van der Waals surface area contributed by atoms with Gasteiger partial charge in [0, 0.05) is 0 Å². The number of carbonyl (C=O) groups is 3. The van der Waals surface area contributed by atoms with Crippen LogP contribution < -0.4 is 33.2 Å². The summed E-state index contributed by atoms with van der Waals surface area (Å²) in [6.45, 7) is 0. The molecule has 0 bridgehead atoms. The number of rotatable bonds is 3. The van der Waals surface area contributed by atoms with Crippen LogP contribution in [0.1, 0.15) is 10.4 Å². The van der Waals surface area contributed by atoms with Crippen molar-refractivity contribution in [1.82, 2.24) is 0 Å². The molecule has 0 saturated heterocycles. The van der Waals surface area contributed by atoms with E-state index in [0.29, 0.717) is 0 Å². The van der Waals surface area contributed by atoms with Gasteiger partial charge in [0.2, 0.25) is 5.88 Å². The van der Waals surface area contributed by atoms with E-state index in [0.717, 1.165) is 6.26 Å². The fourth-order valence-corrected chi connectivity index (χ4v) is 1.11. The first-order chi connectivity index (χ1) is 8.27. The highest BCUT2D eigenvalue weighted by molar-refractivity contribution is 6.05. The topological polar surface area (TPSA) is 195 Å². The number of nitrogens with zero attached hydrogens (tertiary/aromatic N) is 2. The number of hydrogen-bond donors (Lipinski definition) is 5. The van der Waals surface area contributed by atoms with Crippen LogP contribution in [0, 0.1) is 0 Å². The van der Waals surface area contributed by atoms with E-state index in [4.69, 9.17) is 32.7 Å². The van der Waals surface area contributed by atoms with Crippen LogP contribution in [0.2, 0.25) is 0 Å². The molecule has 0 atom stereocenters. The maximum absolute atomic E-state index is 10.9. The molecular formula is C7H10N6O5. The second-order valence-electron chi connectivity index (χ2n) is 3.02. The first-order valence-electron chi connectivity index (χ1n) is 4.30. The lowest BCUT2D eigenvalue weighted by Crippen LogP contribution is -2.46. The van der Waals surface area contributed by atoms with Crippen LogP contribution in [-0.2, 0) is 0 Å². The van der Waals surface area contributed by atoms with Crippen molar-refractivity contribution in [3.8, 4) is 0 Å². The van der Waals surface area contributed by atoms with Crippen molar-refractivity contribution >= 4 is 29.6 Å². The predicted octanol–water partition coefficient (Wildman–Crippen LogP) is -1.50. The number of hydrogen-bond acceptors (Lipinski definition) is 6. The molecule has 9 N–H and O–H groups in total. The van der Waals surface area contributed by atoms with Crippen LogP contribution in [0.3, 0.4) is 0 Å². The zero-order valence-corrected chi connectivity index (χ0v) is 8.86. The number of aromatic carboxylic acids is 1. The minimum absolute atomic E-state index is 0.269. The van der Waals surface area contributed by atoms with Gasteiger partial charge in [-0.25, -0.2) is 31.1 Å². The number of carboxylic acid groups (broad SMARTS) is 1. The van der Waals surface area contributed by atoms with Crippen molar-refractivity contribution in [2.24, 2.45) is 23.2 Å². The molecule has 1 heterocycles. The summed E-state index contributed by atoms with van der Waals surface area (Å²) in [7, 11) is 0. The van der Waals surface area contributed by atoms with Crippen LogP contribution in [0.4, 0.5) is 21.2 Å². The summed E-state index contributed by atoms with van der Waals surface area (Å²) in [6.07, 6.45) is 0.735. The van der Waals surface area contributed by atoms with Gasteiger partial charge in [-0.15, -0.1) is 0 Å². The Morgan fingerprint density at radius 2 is 1.61 bits per heavy atom. The van der Waals surface area contributed by atoms with Gasteiger partial charge in [0.25, 0.3) is 0 Å². The molecule has 1 aromatic rings. The molecule has 1 rings (SSSR count). The SMILES string of the molecule is NC(=O)N(N)c1occ(C(=O)O)c1N(N)C(N)=O. The molecule has 11 nitrogen and oxygen atoms in total. The molecule has 0 aliphatic carbocycles. The molecule has 0 unspecified atom stereocenters. The number of furan rings is 1. The van der Waals surface area contributed by atoms with E-state index in [1.165, 1.54) is 0 Å². The molecule has 0 spiro atoms. The summed E-state index contributed by atoms with van der Waals surface area (Å²) in [5.74, 6) is 8.50. The van der Waals surface area contributed by atoms with Crippen molar-refractivity contribution in [2.45, 2.75) is 0 Å². The number of amides is 4. The molecule has 11 heteroatoms. The zero-order chi connectivity index (χ0) is 14.0. The number of carboxylic acids is 1. The van der Waals surface area contributed by atoms with Gasteiger partial charge < -0.3 is 21.0 Å². The van der Waals surface area contributed by atoms with Gasteiger partial charge in [0.1, 0.15) is 17.5 Å². The summed E-state index contributed by atoms with van der Waals surface area (Å²) in [4.78, 5) is 32.7. The van der Waals surface area contributed by atoms with E-state index >= 15 is 0 Å². The van der Waals surface area contributed by atoms with Crippen LogP contribution >= 0.6 is 0 Å². The second kappa shape index (κ2) is 4.60. The second-order valence-corrected chi connectivity index (χ2v) is 3.02. The number of hydrazine groups is 2. The molecule has 1 aromatic heterocycles. The Morgan fingerprint density at radius 1 is 1.11 bits per heavy atom. The summed E-state index contributed by atoms with van der Waals surface area (Å²) in [5.41, 5.74) is 8.77. The van der Waals surface area contributed by atoms with Gasteiger partial charge in [0.15, 0.2) is 0 Å². The number of urea groups is 2. The van der Waals surface area contributed by atoms with Gasteiger partial charge in [-0.3, -0.25) is 0 Å². The highest BCUT2D eigenvalue weighted by atomic mass is 16.4. The normalized spacial score (nSPS) is 9.89.